The van der Waals surface area contributed by atoms with Crippen LogP contribution in [0.25, 0.3) is 0 Å². The third kappa shape index (κ3) is 6.28. The summed E-state index contributed by atoms with van der Waals surface area (Å²) in [6.07, 6.45) is 4.21. The van der Waals surface area contributed by atoms with E-state index >= 15 is 0 Å². The maximum atomic E-state index is 11.6. The van der Waals surface area contributed by atoms with Crippen LogP contribution in [-0.4, -0.2) is 17.3 Å². The Morgan fingerprint density at radius 1 is 1.38 bits per heavy atom. The minimum atomic E-state index is -0.422. The molecule has 0 bridgehead atoms. The van der Waals surface area contributed by atoms with Gasteiger partial charge in [0.05, 0.1) is 0 Å². The predicted molar refractivity (Wildman–Crippen MR) is 68.3 cm³/mol. The van der Waals surface area contributed by atoms with Crippen LogP contribution in [0.3, 0.4) is 0 Å². The highest BCUT2D eigenvalue weighted by Gasteiger charge is 2.18. The number of esters is 1. The average Bonchev–Trinajstić information content (AvgIpc) is 2.25. The van der Waals surface area contributed by atoms with Gasteiger partial charge in [-0.3, -0.25) is 0 Å². The van der Waals surface area contributed by atoms with Gasteiger partial charge in [-0.05, 0) is 26.2 Å². The number of halogens is 1. The fourth-order valence-corrected chi connectivity index (χ4v) is 1.11. The minimum Gasteiger partial charge on any atom is -0.435 e. The second-order valence-electron chi connectivity index (χ2n) is 3.64. The lowest BCUT2D eigenvalue weighted by molar-refractivity contribution is -0.157. The predicted octanol–water partition coefficient (Wildman–Crippen LogP) is 3.77. The van der Waals surface area contributed by atoms with E-state index in [1.807, 2.05) is 33.8 Å². The molecule has 94 valence electrons. The standard InChI is InChI=1S/C12H21BrO3/c1-5-8-10(6-2)11(14)15-9-16-12(4,13)7-3/h8H,5-7,9H2,1-4H3/b10-8+. The van der Waals surface area contributed by atoms with Gasteiger partial charge in [0.1, 0.15) is 4.51 Å². The summed E-state index contributed by atoms with van der Waals surface area (Å²) in [7, 11) is 0. The smallest absolute Gasteiger partial charge is 0.335 e. The molecule has 1 atom stereocenters. The molecule has 0 aromatic carbocycles. The molecule has 0 radical (unpaired) electrons. The third-order valence-electron chi connectivity index (χ3n) is 2.28. The highest BCUT2D eigenvalue weighted by molar-refractivity contribution is 9.10. The summed E-state index contributed by atoms with van der Waals surface area (Å²) in [4.78, 5) is 11.6. The Hall–Kier alpha value is -0.350. The Bertz CT molecular complexity index is 247. The Morgan fingerprint density at radius 3 is 2.44 bits per heavy atom. The van der Waals surface area contributed by atoms with Crippen LogP contribution in [0.5, 0.6) is 0 Å². The van der Waals surface area contributed by atoms with Crippen LogP contribution in [0, 0.1) is 0 Å². The number of hydrogen-bond donors (Lipinski definition) is 0. The van der Waals surface area contributed by atoms with Crippen molar-refractivity contribution in [1.82, 2.24) is 0 Å². The van der Waals surface area contributed by atoms with Crippen molar-refractivity contribution >= 4 is 21.9 Å². The molecule has 0 rings (SSSR count). The van der Waals surface area contributed by atoms with Crippen molar-refractivity contribution in [2.45, 2.75) is 51.5 Å². The van der Waals surface area contributed by atoms with Crippen LogP contribution in [0.15, 0.2) is 11.6 Å². The second-order valence-corrected chi connectivity index (χ2v) is 5.32. The van der Waals surface area contributed by atoms with Gasteiger partial charge in [0.2, 0.25) is 0 Å². The first-order valence-corrected chi connectivity index (χ1v) is 6.45. The van der Waals surface area contributed by atoms with Gasteiger partial charge in [-0.25, -0.2) is 4.79 Å². The number of rotatable bonds is 7. The molecule has 0 fully saturated rings. The van der Waals surface area contributed by atoms with E-state index in [-0.39, 0.29) is 12.8 Å². The quantitative estimate of drug-likeness (QED) is 0.310. The maximum absolute atomic E-state index is 11.6. The zero-order chi connectivity index (χ0) is 12.6. The molecule has 4 heteroatoms. The van der Waals surface area contributed by atoms with E-state index in [2.05, 4.69) is 15.9 Å². The Kier molecular flexibility index (Phi) is 7.68. The van der Waals surface area contributed by atoms with E-state index in [1.54, 1.807) is 0 Å². The molecule has 3 nitrogen and oxygen atoms in total. The minimum absolute atomic E-state index is 0.0184. The van der Waals surface area contributed by atoms with Crippen LogP contribution in [0.4, 0.5) is 0 Å². The summed E-state index contributed by atoms with van der Waals surface area (Å²) in [6.45, 7) is 7.79. The Labute approximate surface area is 106 Å². The molecule has 0 aliphatic carbocycles. The molecule has 0 amide bonds. The zero-order valence-electron chi connectivity index (χ0n) is 10.5. The van der Waals surface area contributed by atoms with Gasteiger partial charge >= 0.3 is 5.97 Å². The molecule has 1 unspecified atom stereocenters. The first-order chi connectivity index (χ1) is 7.46. The molecule has 0 aromatic heterocycles. The molecule has 0 N–H and O–H groups in total. The van der Waals surface area contributed by atoms with E-state index < -0.39 is 4.51 Å². The van der Waals surface area contributed by atoms with Gasteiger partial charge in [0.25, 0.3) is 0 Å². The molecule has 0 heterocycles. The van der Waals surface area contributed by atoms with Gasteiger partial charge in [-0.15, -0.1) is 0 Å². The summed E-state index contributed by atoms with van der Waals surface area (Å²) in [5.41, 5.74) is 0.707. The maximum Gasteiger partial charge on any atom is 0.335 e. The Morgan fingerprint density at radius 2 is 2.00 bits per heavy atom. The number of ether oxygens (including phenoxy) is 2. The van der Waals surface area contributed by atoms with Crippen LogP contribution < -0.4 is 0 Å². The fraction of sp³-hybridized carbons (Fsp3) is 0.750. The normalized spacial score (nSPS) is 15.7. The number of hydrogen-bond acceptors (Lipinski definition) is 3. The van der Waals surface area contributed by atoms with Crippen LogP contribution in [-0.2, 0) is 14.3 Å². The summed E-state index contributed by atoms with van der Waals surface area (Å²) < 4.78 is 9.97. The third-order valence-corrected chi connectivity index (χ3v) is 3.06. The molecule has 16 heavy (non-hydrogen) atoms. The van der Waals surface area contributed by atoms with Crippen molar-refractivity contribution in [3.8, 4) is 0 Å². The van der Waals surface area contributed by atoms with Crippen LogP contribution >= 0.6 is 15.9 Å². The summed E-state index contributed by atoms with van der Waals surface area (Å²) in [6, 6.07) is 0. The molecule has 0 spiro atoms. The molecule has 0 aromatic rings. The summed E-state index contributed by atoms with van der Waals surface area (Å²) in [5.74, 6) is -0.288. The van der Waals surface area contributed by atoms with E-state index in [1.165, 1.54) is 0 Å². The monoisotopic (exact) mass is 292 g/mol. The topological polar surface area (TPSA) is 35.5 Å². The molecule has 0 saturated heterocycles. The lowest BCUT2D eigenvalue weighted by atomic mass is 10.2. The van der Waals surface area contributed by atoms with Crippen molar-refractivity contribution < 1.29 is 14.3 Å². The van der Waals surface area contributed by atoms with Gasteiger partial charge in [-0.2, -0.15) is 0 Å². The number of allylic oxidation sites excluding steroid dienone is 1. The molecular formula is C12H21BrO3. The molecule has 0 aliphatic heterocycles. The van der Waals surface area contributed by atoms with Crippen LogP contribution in [0.1, 0.15) is 47.0 Å². The number of carbonyl (C=O) groups excluding carboxylic acids is 1. The molecule has 0 saturated carbocycles. The van der Waals surface area contributed by atoms with E-state index in [0.717, 1.165) is 12.8 Å². The zero-order valence-corrected chi connectivity index (χ0v) is 12.1. The molecule has 0 aliphatic rings. The number of alkyl halides is 1. The van der Waals surface area contributed by atoms with E-state index in [0.29, 0.717) is 12.0 Å². The van der Waals surface area contributed by atoms with E-state index in [4.69, 9.17) is 9.47 Å². The largest absolute Gasteiger partial charge is 0.435 e. The summed E-state index contributed by atoms with van der Waals surface area (Å²) >= 11 is 3.39. The lowest BCUT2D eigenvalue weighted by Crippen LogP contribution is -2.22. The average molecular weight is 293 g/mol. The van der Waals surface area contributed by atoms with Crippen molar-refractivity contribution in [1.29, 1.82) is 0 Å². The van der Waals surface area contributed by atoms with Crippen molar-refractivity contribution in [3.05, 3.63) is 11.6 Å². The first-order valence-electron chi connectivity index (χ1n) is 5.65. The highest BCUT2D eigenvalue weighted by Crippen LogP contribution is 2.22. The van der Waals surface area contributed by atoms with Crippen molar-refractivity contribution in [3.63, 3.8) is 0 Å². The van der Waals surface area contributed by atoms with Gasteiger partial charge in [0, 0.05) is 5.57 Å². The second kappa shape index (κ2) is 7.85. The first kappa shape index (κ1) is 15.7. The Balaban J connectivity index is 4.03. The van der Waals surface area contributed by atoms with Gasteiger partial charge < -0.3 is 9.47 Å². The fourth-order valence-electron chi connectivity index (χ4n) is 1.02. The van der Waals surface area contributed by atoms with Crippen molar-refractivity contribution in [2.24, 2.45) is 0 Å². The van der Waals surface area contributed by atoms with Crippen LogP contribution in [0.2, 0.25) is 0 Å². The number of carbonyl (C=O) groups is 1. The SMILES string of the molecule is CC/C=C(\CC)C(=O)OCOC(C)(Br)CC. The summed E-state index contributed by atoms with van der Waals surface area (Å²) in [5, 5.41) is 0. The van der Waals surface area contributed by atoms with Crippen molar-refractivity contribution in [2.75, 3.05) is 6.79 Å². The lowest BCUT2D eigenvalue weighted by Gasteiger charge is -2.20. The van der Waals surface area contributed by atoms with E-state index in [9.17, 15) is 4.79 Å². The molecular weight excluding hydrogens is 272 g/mol. The highest BCUT2D eigenvalue weighted by atomic mass is 79.9. The van der Waals surface area contributed by atoms with Gasteiger partial charge in [-0.1, -0.05) is 42.8 Å². The van der Waals surface area contributed by atoms with Gasteiger partial charge in [0.15, 0.2) is 6.79 Å².